The first-order chi connectivity index (χ1) is 8.31. The van der Waals surface area contributed by atoms with Crippen LogP contribution in [0.25, 0.3) is 0 Å². The van der Waals surface area contributed by atoms with Crippen molar-refractivity contribution in [3.8, 4) is 0 Å². The Kier molecular flexibility index (Phi) is 5.09. The van der Waals surface area contributed by atoms with Crippen LogP contribution in [0.3, 0.4) is 0 Å². The Morgan fingerprint density at radius 3 is 2.24 bits per heavy atom. The van der Waals surface area contributed by atoms with Crippen molar-refractivity contribution in [2.45, 2.75) is 82.6 Å². The van der Waals surface area contributed by atoms with E-state index in [1.54, 1.807) is 0 Å². The van der Waals surface area contributed by atoms with E-state index in [1.807, 2.05) is 0 Å². The molecule has 0 amide bonds. The fourth-order valence-corrected chi connectivity index (χ4v) is 3.59. The predicted octanol–water partition coefficient (Wildman–Crippen LogP) is 4.56. The maximum absolute atomic E-state index is 6.74. The van der Waals surface area contributed by atoms with E-state index in [1.165, 1.54) is 77.0 Å². The minimum atomic E-state index is 0.0256. The molecule has 1 atom stereocenters. The maximum Gasteiger partial charge on any atom is 0.0367 e. The second-order valence-corrected chi connectivity index (χ2v) is 6.16. The van der Waals surface area contributed by atoms with Gasteiger partial charge in [-0.15, -0.1) is 0 Å². The molecular formula is C16H29N. The summed E-state index contributed by atoms with van der Waals surface area (Å²) in [6.45, 7) is 0. The zero-order valence-corrected chi connectivity index (χ0v) is 11.3. The van der Waals surface area contributed by atoms with Crippen LogP contribution in [0.1, 0.15) is 77.0 Å². The zero-order valence-electron chi connectivity index (χ0n) is 11.3. The molecule has 1 unspecified atom stereocenters. The van der Waals surface area contributed by atoms with Gasteiger partial charge in [-0.05, 0) is 38.0 Å². The van der Waals surface area contributed by atoms with E-state index in [0.29, 0.717) is 0 Å². The van der Waals surface area contributed by atoms with Crippen molar-refractivity contribution in [2.24, 2.45) is 11.7 Å². The zero-order chi connectivity index (χ0) is 12.0. The summed E-state index contributed by atoms with van der Waals surface area (Å²) >= 11 is 0. The van der Waals surface area contributed by atoms with Crippen molar-refractivity contribution >= 4 is 0 Å². The molecule has 1 heteroatoms. The van der Waals surface area contributed by atoms with E-state index in [4.69, 9.17) is 5.73 Å². The molecule has 0 spiro atoms. The molecule has 0 aromatic heterocycles. The van der Waals surface area contributed by atoms with Gasteiger partial charge in [0, 0.05) is 5.54 Å². The topological polar surface area (TPSA) is 26.0 Å². The predicted molar refractivity (Wildman–Crippen MR) is 75.0 cm³/mol. The van der Waals surface area contributed by atoms with E-state index in [0.717, 1.165) is 5.92 Å². The summed E-state index contributed by atoms with van der Waals surface area (Å²) in [5.74, 6) is 0.747. The lowest BCUT2D eigenvalue weighted by Crippen LogP contribution is -2.46. The van der Waals surface area contributed by atoms with Crippen LogP contribution in [-0.4, -0.2) is 5.54 Å². The summed E-state index contributed by atoms with van der Waals surface area (Å²) < 4.78 is 0. The average Bonchev–Trinajstić information content (AvgIpc) is 2.23. The highest BCUT2D eigenvalue weighted by Crippen LogP contribution is 2.34. The molecule has 0 aliphatic heterocycles. The molecule has 98 valence electrons. The van der Waals surface area contributed by atoms with Gasteiger partial charge in [-0.3, -0.25) is 0 Å². The monoisotopic (exact) mass is 235 g/mol. The van der Waals surface area contributed by atoms with E-state index in [9.17, 15) is 0 Å². The largest absolute Gasteiger partial charge is 0.322 e. The number of rotatable bonds is 1. The molecule has 17 heavy (non-hydrogen) atoms. The molecule has 0 radical (unpaired) electrons. The van der Waals surface area contributed by atoms with Crippen molar-refractivity contribution < 1.29 is 0 Å². The second kappa shape index (κ2) is 6.58. The number of hydrogen-bond donors (Lipinski definition) is 1. The Morgan fingerprint density at radius 1 is 0.824 bits per heavy atom. The Morgan fingerprint density at radius 2 is 1.47 bits per heavy atom. The smallest absolute Gasteiger partial charge is 0.0367 e. The first kappa shape index (κ1) is 13.1. The summed E-state index contributed by atoms with van der Waals surface area (Å²) in [5, 5.41) is 0. The highest BCUT2D eigenvalue weighted by Gasteiger charge is 2.31. The Hall–Kier alpha value is -0.300. The van der Waals surface area contributed by atoms with Gasteiger partial charge in [0.15, 0.2) is 0 Å². The normalized spacial score (nSPS) is 33.5. The molecule has 1 fully saturated rings. The molecule has 0 saturated heterocycles. The van der Waals surface area contributed by atoms with Crippen LogP contribution < -0.4 is 5.73 Å². The molecule has 2 aliphatic rings. The van der Waals surface area contributed by atoms with Crippen LogP contribution >= 0.6 is 0 Å². The minimum Gasteiger partial charge on any atom is -0.322 e. The van der Waals surface area contributed by atoms with Gasteiger partial charge >= 0.3 is 0 Å². The lowest BCUT2D eigenvalue weighted by molar-refractivity contribution is 0.244. The quantitative estimate of drug-likeness (QED) is 0.662. The molecular weight excluding hydrogens is 206 g/mol. The van der Waals surface area contributed by atoms with Crippen LogP contribution in [0, 0.1) is 5.92 Å². The summed E-state index contributed by atoms with van der Waals surface area (Å²) in [7, 11) is 0. The van der Waals surface area contributed by atoms with Crippen molar-refractivity contribution in [2.75, 3.05) is 0 Å². The summed E-state index contributed by atoms with van der Waals surface area (Å²) in [6, 6.07) is 0. The van der Waals surface area contributed by atoms with Crippen LogP contribution in [0.2, 0.25) is 0 Å². The number of nitrogens with two attached hydrogens (primary N) is 1. The molecule has 2 N–H and O–H groups in total. The highest BCUT2D eigenvalue weighted by molar-refractivity contribution is 5.09. The van der Waals surface area contributed by atoms with Crippen LogP contribution in [-0.2, 0) is 0 Å². The van der Waals surface area contributed by atoms with E-state index >= 15 is 0 Å². The first-order valence-electron chi connectivity index (χ1n) is 7.78. The van der Waals surface area contributed by atoms with Gasteiger partial charge in [0.25, 0.3) is 0 Å². The molecule has 0 bridgehead atoms. The summed E-state index contributed by atoms with van der Waals surface area (Å²) in [5.41, 5.74) is 6.76. The SMILES string of the molecule is NC1(C2CCCCCCC2)C=CCCCCC1. The standard InChI is InChI=1S/C16H29N/c17-16(13-9-5-2-6-10-14-16)15-11-7-3-1-4-8-12-15/h9,13,15H,1-8,10-12,14,17H2. The van der Waals surface area contributed by atoms with Gasteiger partial charge in [-0.1, -0.05) is 57.1 Å². The third-order valence-electron chi connectivity index (χ3n) is 4.77. The fourth-order valence-electron chi connectivity index (χ4n) is 3.59. The van der Waals surface area contributed by atoms with E-state index in [2.05, 4.69) is 12.2 Å². The van der Waals surface area contributed by atoms with Crippen molar-refractivity contribution in [1.29, 1.82) is 0 Å². The lowest BCUT2D eigenvalue weighted by atomic mass is 9.73. The maximum atomic E-state index is 6.74. The number of allylic oxidation sites excluding steroid dienone is 1. The summed E-state index contributed by atoms with van der Waals surface area (Å²) in [6.07, 6.45) is 21.1. The van der Waals surface area contributed by atoms with Crippen molar-refractivity contribution in [1.82, 2.24) is 0 Å². The van der Waals surface area contributed by atoms with Crippen LogP contribution in [0.5, 0.6) is 0 Å². The van der Waals surface area contributed by atoms with Crippen LogP contribution in [0.4, 0.5) is 0 Å². The fraction of sp³-hybridized carbons (Fsp3) is 0.875. The molecule has 0 heterocycles. The average molecular weight is 235 g/mol. The van der Waals surface area contributed by atoms with E-state index in [-0.39, 0.29) is 5.54 Å². The molecule has 1 saturated carbocycles. The van der Waals surface area contributed by atoms with Gasteiger partial charge in [0.1, 0.15) is 0 Å². The third kappa shape index (κ3) is 3.84. The van der Waals surface area contributed by atoms with Gasteiger partial charge in [0.05, 0.1) is 0 Å². The van der Waals surface area contributed by atoms with Gasteiger partial charge in [-0.2, -0.15) is 0 Å². The highest BCUT2D eigenvalue weighted by atomic mass is 14.7. The summed E-state index contributed by atoms with van der Waals surface area (Å²) in [4.78, 5) is 0. The number of hydrogen-bond acceptors (Lipinski definition) is 1. The lowest BCUT2D eigenvalue weighted by Gasteiger charge is -2.37. The molecule has 1 nitrogen and oxygen atoms in total. The minimum absolute atomic E-state index is 0.0256. The molecule has 0 aromatic carbocycles. The Balaban J connectivity index is 2.01. The van der Waals surface area contributed by atoms with Gasteiger partial charge in [0.2, 0.25) is 0 Å². The van der Waals surface area contributed by atoms with E-state index < -0.39 is 0 Å². The van der Waals surface area contributed by atoms with Crippen LogP contribution in [0.15, 0.2) is 12.2 Å². The first-order valence-corrected chi connectivity index (χ1v) is 7.78. The Bertz CT molecular complexity index is 238. The van der Waals surface area contributed by atoms with Gasteiger partial charge in [-0.25, -0.2) is 0 Å². The van der Waals surface area contributed by atoms with Crippen molar-refractivity contribution in [3.05, 3.63) is 12.2 Å². The molecule has 2 rings (SSSR count). The molecule has 2 aliphatic carbocycles. The molecule has 0 aromatic rings. The second-order valence-electron chi connectivity index (χ2n) is 6.16. The van der Waals surface area contributed by atoms with Gasteiger partial charge < -0.3 is 5.73 Å². The van der Waals surface area contributed by atoms with Crippen molar-refractivity contribution in [3.63, 3.8) is 0 Å². The third-order valence-corrected chi connectivity index (χ3v) is 4.77. The Labute approximate surface area is 107 Å².